The molecule has 7 nitrogen and oxygen atoms in total. The summed E-state index contributed by atoms with van der Waals surface area (Å²) in [5.74, 6) is -3.02. The van der Waals surface area contributed by atoms with Gasteiger partial charge in [0.1, 0.15) is 0 Å². The first-order valence-corrected chi connectivity index (χ1v) is 7.14. The molecule has 1 amide bonds. The second-order valence-electron chi connectivity index (χ2n) is 4.90. The fourth-order valence-corrected chi connectivity index (χ4v) is 2.01. The molecule has 2 rings (SSSR count). The summed E-state index contributed by atoms with van der Waals surface area (Å²) in [6, 6.07) is 6.20. The van der Waals surface area contributed by atoms with Crippen LogP contribution in [0.25, 0.3) is 0 Å². The molecule has 1 aromatic carbocycles. The minimum atomic E-state index is -5.06. The predicted octanol–water partition coefficient (Wildman–Crippen LogP) is 3.06. The maximum Gasteiger partial charge on any atom is 0.471 e. The Morgan fingerprint density at radius 3 is 2.76 bits per heavy atom. The Hall–Kier alpha value is -2.75. The number of alkyl halides is 3. The maximum absolute atomic E-state index is 12.2. The fourth-order valence-electron chi connectivity index (χ4n) is 1.81. The van der Waals surface area contributed by atoms with Gasteiger partial charge in [0.05, 0.1) is 0 Å². The first-order chi connectivity index (χ1) is 11.7. The van der Waals surface area contributed by atoms with Crippen LogP contribution in [0, 0.1) is 6.92 Å². The number of carbonyl (C=O) groups excluding carboxylic acids is 1. The molecule has 0 radical (unpaired) electrons. The van der Waals surface area contributed by atoms with E-state index < -0.39 is 17.9 Å². The van der Waals surface area contributed by atoms with Crippen molar-refractivity contribution < 1.29 is 27.7 Å². The van der Waals surface area contributed by atoms with Crippen molar-refractivity contribution in [3.05, 3.63) is 46.2 Å². The van der Waals surface area contributed by atoms with Crippen molar-refractivity contribution in [2.24, 2.45) is 5.16 Å². The topological polar surface area (TPSA) is 99.8 Å². The molecule has 11 heteroatoms. The van der Waals surface area contributed by atoms with Gasteiger partial charge in [-0.25, -0.2) is 0 Å². The summed E-state index contributed by atoms with van der Waals surface area (Å²) in [6.45, 7) is 2.05. The van der Waals surface area contributed by atoms with Gasteiger partial charge in [-0.3, -0.25) is 10.1 Å². The number of amidine groups is 1. The van der Waals surface area contributed by atoms with E-state index in [1.165, 1.54) is 5.32 Å². The number of anilines is 1. The van der Waals surface area contributed by atoms with Crippen molar-refractivity contribution in [3.63, 3.8) is 0 Å². The van der Waals surface area contributed by atoms with Crippen LogP contribution in [0.3, 0.4) is 0 Å². The average Bonchev–Trinajstić information content (AvgIpc) is 2.98. The molecule has 25 heavy (non-hydrogen) atoms. The van der Waals surface area contributed by atoms with E-state index in [1.54, 1.807) is 18.2 Å². The van der Waals surface area contributed by atoms with Crippen LogP contribution in [0.1, 0.15) is 16.9 Å². The summed E-state index contributed by atoms with van der Waals surface area (Å²) in [7, 11) is 0. The van der Waals surface area contributed by atoms with Crippen LogP contribution >= 0.6 is 11.6 Å². The second-order valence-corrected chi connectivity index (χ2v) is 5.34. The Bertz CT molecular complexity index is 805. The van der Waals surface area contributed by atoms with Gasteiger partial charge in [-0.15, -0.1) is 0 Å². The van der Waals surface area contributed by atoms with E-state index in [9.17, 15) is 18.0 Å². The highest BCUT2D eigenvalue weighted by Gasteiger charge is 2.39. The van der Waals surface area contributed by atoms with Crippen LogP contribution in [0.2, 0.25) is 5.02 Å². The summed E-state index contributed by atoms with van der Waals surface area (Å²) in [4.78, 5) is 10.8. The summed E-state index contributed by atoms with van der Waals surface area (Å²) >= 11 is 5.90. The minimum Gasteiger partial charge on any atom is -0.409 e. The van der Waals surface area contributed by atoms with E-state index in [2.05, 4.69) is 15.6 Å². The number of hydrogen-bond acceptors (Lipinski definition) is 5. The van der Waals surface area contributed by atoms with E-state index in [4.69, 9.17) is 21.3 Å². The Labute approximate surface area is 144 Å². The molecule has 0 aliphatic carbocycles. The van der Waals surface area contributed by atoms with E-state index in [1.807, 2.05) is 6.92 Å². The third-order valence-electron chi connectivity index (χ3n) is 3.10. The van der Waals surface area contributed by atoms with E-state index in [-0.39, 0.29) is 18.1 Å². The van der Waals surface area contributed by atoms with Crippen LogP contribution in [0.5, 0.6) is 0 Å². The molecule has 0 fully saturated rings. The number of carbonyl (C=O) groups is 1. The van der Waals surface area contributed by atoms with Crippen LogP contribution in [0.15, 0.2) is 33.9 Å². The zero-order chi connectivity index (χ0) is 18.6. The van der Waals surface area contributed by atoms with Crippen LogP contribution in [0.4, 0.5) is 19.0 Å². The maximum atomic E-state index is 12.2. The molecule has 0 saturated heterocycles. The molecule has 0 spiro atoms. The lowest BCUT2D eigenvalue weighted by atomic mass is 10.1. The van der Waals surface area contributed by atoms with Gasteiger partial charge in [0, 0.05) is 17.6 Å². The van der Waals surface area contributed by atoms with Crippen LogP contribution in [-0.2, 0) is 11.3 Å². The second kappa shape index (κ2) is 7.43. The highest BCUT2D eigenvalue weighted by Crippen LogP contribution is 2.19. The van der Waals surface area contributed by atoms with Gasteiger partial charge in [-0.05, 0) is 30.2 Å². The monoisotopic (exact) mass is 376 g/mol. The van der Waals surface area contributed by atoms with E-state index in [0.29, 0.717) is 5.02 Å². The number of nitrogens with one attached hydrogen (secondary N) is 2. The molecule has 0 aliphatic rings. The molecule has 2 aromatic rings. The number of halogens is 4. The van der Waals surface area contributed by atoms with Crippen LogP contribution in [-0.4, -0.2) is 28.3 Å². The van der Waals surface area contributed by atoms with Crippen molar-refractivity contribution in [1.29, 1.82) is 0 Å². The predicted molar refractivity (Wildman–Crippen MR) is 82.5 cm³/mol. The van der Waals surface area contributed by atoms with Gasteiger partial charge in [-0.1, -0.05) is 28.0 Å². The van der Waals surface area contributed by atoms with Gasteiger partial charge >= 0.3 is 12.1 Å². The Morgan fingerprint density at radius 1 is 1.40 bits per heavy atom. The van der Waals surface area contributed by atoms with Crippen molar-refractivity contribution in [1.82, 2.24) is 10.5 Å². The number of hydrogen-bond donors (Lipinski definition) is 3. The number of rotatable bonds is 4. The van der Waals surface area contributed by atoms with Crippen molar-refractivity contribution in [2.45, 2.75) is 19.6 Å². The first-order valence-electron chi connectivity index (χ1n) is 6.77. The fraction of sp³-hybridized carbons (Fsp3) is 0.214. The van der Waals surface area contributed by atoms with Crippen LogP contribution < -0.4 is 10.6 Å². The number of nitrogens with zero attached hydrogens (tertiary/aromatic N) is 2. The van der Waals surface area contributed by atoms with E-state index in [0.717, 1.165) is 17.2 Å². The zero-order valence-electron chi connectivity index (χ0n) is 12.7. The van der Waals surface area contributed by atoms with Gasteiger partial charge in [0.15, 0.2) is 5.82 Å². The lowest BCUT2D eigenvalue weighted by Crippen LogP contribution is -2.30. The SMILES string of the molecule is Cc1ccc(Cl)cc1CNC(=NO)c1cc(NC(=O)C(F)(F)F)no1. The molecule has 1 heterocycles. The summed E-state index contributed by atoms with van der Waals surface area (Å²) in [6.07, 6.45) is -5.06. The van der Waals surface area contributed by atoms with Gasteiger partial charge < -0.3 is 15.0 Å². The molecule has 3 N–H and O–H groups in total. The number of aryl methyl sites for hydroxylation is 1. The lowest BCUT2D eigenvalue weighted by Gasteiger charge is -2.08. The molecule has 0 aliphatic heterocycles. The third kappa shape index (κ3) is 4.86. The molecule has 0 saturated carbocycles. The standard InChI is InChI=1S/C14H12ClF3N4O3/c1-7-2-3-9(15)4-8(7)6-19-12(21-24)10-5-11(22-25-10)20-13(23)14(16,17)18/h2-5,24H,6H2,1H3,(H,19,21)(H,20,22,23). The molecule has 0 unspecified atom stereocenters. The smallest absolute Gasteiger partial charge is 0.409 e. The number of aromatic nitrogens is 1. The number of benzene rings is 1. The van der Waals surface area contributed by atoms with Gasteiger partial charge in [0.25, 0.3) is 0 Å². The molecule has 0 atom stereocenters. The highest BCUT2D eigenvalue weighted by atomic mass is 35.5. The Balaban J connectivity index is 2.07. The van der Waals surface area contributed by atoms with Gasteiger partial charge in [-0.2, -0.15) is 13.2 Å². The minimum absolute atomic E-state index is 0.167. The van der Waals surface area contributed by atoms with Crippen molar-refractivity contribution >= 4 is 29.2 Å². The lowest BCUT2D eigenvalue weighted by molar-refractivity contribution is -0.167. The highest BCUT2D eigenvalue weighted by molar-refractivity contribution is 6.30. The zero-order valence-corrected chi connectivity index (χ0v) is 13.4. The normalized spacial score (nSPS) is 12.1. The summed E-state index contributed by atoms with van der Waals surface area (Å²) in [5.41, 5.74) is 1.73. The van der Waals surface area contributed by atoms with Crippen molar-refractivity contribution in [3.8, 4) is 0 Å². The van der Waals surface area contributed by atoms with Gasteiger partial charge in [0.2, 0.25) is 11.6 Å². The Kier molecular flexibility index (Phi) is 5.52. The largest absolute Gasteiger partial charge is 0.471 e. The summed E-state index contributed by atoms with van der Waals surface area (Å²) < 4.78 is 41.3. The molecular weight excluding hydrogens is 365 g/mol. The quantitative estimate of drug-likeness (QED) is 0.329. The summed E-state index contributed by atoms with van der Waals surface area (Å²) in [5, 5.41) is 20.1. The van der Waals surface area contributed by atoms with E-state index >= 15 is 0 Å². The molecule has 1 aromatic heterocycles. The third-order valence-corrected chi connectivity index (χ3v) is 3.34. The first kappa shape index (κ1) is 18.6. The molecular formula is C14H12ClF3N4O3. The Morgan fingerprint density at radius 2 is 2.12 bits per heavy atom. The number of amides is 1. The molecule has 0 bridgehead atoms. The number of oxime groups is 1. The average molecular weight is 377 g/mol. The van der Waals surface area contributed by atoms with Crippen molar-refractivity contribution in [2.75, 3.05) is 5.32 Å². The molecule has 134 valence electrons.